The summed E-state index contributed by atoms with van der Waals surface area (Å²) in [6.45, 7) is 0. The third-order valence-corrected chi connectivity index (χ3v) is 4.22. The van der Waals surface area contributed by atoms with Crippen molar-refractivity contribution in [2.24, 2.45) is 5.73 Å². The van der Waals surface area contributed by atoms with Gasteiger partial charge in [-0.3, -0.25) is 0 Å². The van der Waals surface area contributed by atoms with Gasteiger partial charge in [0.15, 0.2) is 0 Å². The van der Waals surface area contributed by atoms with Crippen LogP contribution in [0.5, 0.6) is 0 Å². The molecule has 1 saturated carbocycles. The summed E-state index contributed by atoms with van der Waals surface area (Å²) in [6, 6.07) is 0.389. The molecule has 2 heterocycles. The first kappa shape index (κ1) is 10.9. The zero-order valence-electron chi connectivity index (χ0n) is 9.60. The summed E-state index contributed by atoms with van der Waals surface area (Å²) in [6.07, 6.45) is 8.22. The lowest BCUT2D eigenvalue weighted by molar-refractivity contribution is 0.386. The summed E-state index contributed by atoms with van der Waals surface area (Å²) in [4.78, 5) is 12.2. The Hall–Kier alpha value is -1.20. The zero-order chi connectivity index (χ0) is 11.7. The van der Waals surface area contributed by atoms with E-state index in [9.17, 15) is 0 Å². The van der Waals surface area contributed by atoms with E-state index in [1.807, 2.05) is 17.8 Å². The second kappa shape index (κ2) is 4.58. The van der Waals surface area contributed by atoms with Gasteiger partial charge in [0.05, 0.1) is 11.9 Å². The first-order chi connectivity index (χ1) is 8.33. The minimum atomic E-state index is 0.389. The predicted octanol–water partition coefficient (Wildman–Crippen LogP) is 2.52. The van der Waals surface area contributed by atoms with Gasteiger partial charge in [0, 0.05) is 23.5 Å². The van der Waals surface area contributed by atoms with Gasteiger partial charge in [-0.1, -0.05) is 0 Å². The Morgan fingerprint density at radius 1 is 1.24 bits per heavy atom. The monoisotopic (exact) mass is 248 g/mol. The average molecular weight is 248 g/mol. The molecule has 17 heavy (non-hydrogen) atoms. The highest BCUT2D eigenvalue weighted by Crippen LogP contribution is 2.31. The fourth-order valence-corrected chi connectivity index (χ4v) is 3.00. The molecule has 1 fully saturated rings. The smallest absolute Gasteiger partial charge is 0.141 e. The number of imidazole rings is 1. The van der Waals surface area contributed by atoms with Gasteiger partial charge in [0.2, 0.25) is 0 Å². The molecule has 0 aliphatic heterocycles. The maximum Gasteiger partial charge on any atom is 0.141 e. The maximum atomic E-state index is 5.92. The number of aromatic nitrogens is 3. The number of thiazole rings is 1. The van der Waals surface area contributed by atoms with E-state index in [-0.39, 0.29) is 0 Å². The number of H-pyrrole nitrogens is 1. The van der Waals surface area contributed by atoms with Gasteiger partial charge in [-0.2, -0.15) is 0 Å². The first-order valence-corrected chi connectivity index (χ1v) is 6.91. The van der Waals surface area contributed by atoms with Crippen LogP contribution in [-0.4, -0.2) is 21.0 Å². The molecule has 4 nitrogen and oxygen atoms in total. The summed E-state index contributed by atoms with van der Waals surface area (Å²) in [5.41, 5.74) is 6.95. The molecule has 3 N–H and O–H groups in total. The van der Waals surface area contributed by atoms with Crippen molar-refractivity contribution in [3.8, 4) is 10.7 Å². The standard InChI is InChI=1S/C12H16N4S/c13-9-3-1-8(2-4-9)11-15-7-10(16-11)12-14-5-6-17-12/h5-9H,1-4,13H2,(H,15,16). The van der Waals surface area contributed by atoms with Gasteiger partial charge < -0.3 is 10.7 Å². The highest BCUT2D eigenvalue weighted by atomic mass is 32.1. The molecule has 0 amide bonds. The Kier molecular flexibility index (Phi) is 2.94. The van der Waals surface area contributed by atoms with Gasteiger partial charge in [-0.15, -0.1) is 11.3 Å². The van der Waals surface area contributed by atoms with Crippen LogP contribution in [0.15, 0.2) is 17.8 Å². The SMILES string of the molecule is NC1CCC(c2ncc(-c3nccs3)[nH]2)CC1. The Labute approximate surface area is 104 Å². The molecule has 1 aliphatic carbocycles. The average Bonchev–Trinajstić information content (AvgIpc) is 3.00. The lowest BCUT2D eigenvalue weighted by Crippen LogP contribution is -2.26. The van der Waals surface area contributed by atoms with Gasteiger partial charge >= 0.3 is 0 Å². The van der Waals surface area contributed by atoms with Crippen LogP contribution in [0.25, 0.3) is 10.7 Å². The highest BCUT2D eigenvalue weighted by Gasteiger charge is 2.22. The number of nitrogens with zero attached hydrogens (tertiary/aromatic N) is 2. The highest BCUT2D eigenvalue weighted by molar-refractivity contribution is 7.13. The minimum Gasteiger partial charge on any atom is -0.340 e. The van der Waals surface area contributed by atoms with Crippen LogP contribution >= 0.6 is 11.3 Å². The summed E-state index contributed by atoms with van der Waals surface area (Å²) in [5.74, 6) is 1.64. The van der Waals surface area contributed by atoms with E-state index >= 15 is 0 Å². The molecule has 0 aromatic carbocycles. The van der Waals surface area contributed by atoms with Gasteiger partial charge in [-0.25, -0.2) is 9.97 Å². The van der Waals surface area contributed by atoms with E-state index in [1.54, 1.807) is 11.3 Å². The van der Waals surface area contributed by atoms with Crippen LogP contribution in [0.1, 0.15) is 37.4 Å². The molecule has 5 heteroatoms. The number of nitrogens with two attached hydrogens (primary N) is 1. The van der Waals surface area contributed by atoms with Crippen molar-refractivity contribution >= 4 is 11.3 Å². The van der Waals surface area contributed by atoms with E-state index in [0.29, 0.717) is 12.0 Å². The quantitative estimate of drug-likeness (QED) is 0.858. The van der Waals surface area contributed by atoms with Gasteiger partial charge in [0.25, 0.3) is 0 Å². The summed E-state index contributed by atoms with van der Waals surface area (Å²) < 4.78 is 0. The van der Waals surface area contributed by atoms with Gasteiger partial charge in [-0.05, 0) is 25.7 Å². The zero-order valence-corrected chi connectivity index (χ0v) is 10.4. The second-order valence-electron chi connectivity index (χ2n) is 4.63. The Morgan fingerprint density at radius 3 is 2.76 bits per heavy atom. The molecule has 0 atom stereocenters. The molecule has 2 aromatic rings. The van der Waals surface area contributed by atoms with Crippen molar-refractivity contribution in [3.63, 3.8) is 0 Å². The van der Waals surface area contributed by atoms with Crippen LogP contribution < -0.4 is 5.73 Å². The topological polar surface area (TPSA) is 67.6 Å². The first-order valence-electron chi connectivity index (χ1n) is 6.03. The number of aromatic amines is 1. The molecule has 0 bridgehead atoms. The summed E-state index contributed by atoms with van der Waals surface area (Å²) in [7, 11) is 0. The molecular formula is C12H16N4S. The molecule has 3 rings (SSSR count). The fourth-order valence-electron chi connectivity index (χ4n) is 2.40. The predicted molar refractivity (Wildman–Crippen MR) is 68.9 cm³/mol. The van der Waals surface area contributed by atoms with E-state index in [0.717, 1.165) is 42.2 Å². The molecule has 0 radical (unpaired) electrons. The van der Waals surface area contributed by atoms with E-state index in [2.05, 4.69) is 15.0 Å². The largest absolute Gasteiger partial charge is 0.340 e. The Morgan fingerprint density at radius 2 is 2.06 bits per heavy atom. The van der Waals surface area contributed by atoms with Crippen LogP contribution in [0, 0.1) is 0 Å². The van der Waals surface area contributed by atoms with Crippen LogP contribution in [-0.2, 0) is 0 Å². The van der Waals surface area contributed by atoms with Gasteiger partial charge in [0.1, 0.15) is 10.8 Å². The number of hydrogen-bond donors (Lipinski definition) is 2. The van der Waals surface area contributed by atoms with Crippen molar-refractivity contribution in [1.82, 2.24) is 15.0 Å². The lowest BCUT2D eigenvalue weighted by Gasteiger charge is -2.24. The number of hydrogen-bond acceptors (Lipinski definition) is 4. The van der Waals surface area contributed by atoms with Crippen molar-refractivity contribution < 1.29 is 0 Å². The lowest BCUT2D eigenvalue weighted by atomic mass is 9.86. The Balaban J connectivity index is 1.76. The number of nitrogens with one attached hydrogen (secondary N) is 1. The maximum absolute atomic E-state index is 5.92. The van der Waals surface area contributed by atoms with Crippen molar-refractivity contribution in [1.29, 1.82) is 0 Å². The third kappa shape index (κ3) is 2.25. The van der Waals surface area contributed by atoms with Crippen molar-refractivity contribution in [3.05, 3.63) is 23.6 Å². The molecule has 0 saturated heterocycles. The van der Waals surface area contributed by atoms with Crippen LogP contribution in [0.3, 0.4) is 0 Å². The van der Waals surface area contributed by atoms with E-state index in [1.165, 1.54) is 0 Å². The molecule has 0 unspecified atom stereocenters. The molecule has 1 aliphatic rings. The van der Waals surface area contributed by atoms with Crippen molar-refractivity contribution in [2.75, 3.05) is 0 Å². The normalized spacial score (nSPS) is 25.0. The van der Waals surface area contributed by atoms with Crippen LogP contribution in [0.4, 0.5) is 0 Å². The fraction of sp³-hybridized carbons (Fsp3) is 0.500. The molecule has 2 aromatic heterocycles. The number of rotatable bonds is 2. The summed E-state index contributed by atoms with van der Waals surface area (Å²) in [5, 5.41) is 2.99. The second-order valence-corrected chi connectivity index (χ2v) is 5.53. The van der Waals surface area contributed by atoms with E-state index < -0.39 is 0 Å². The molecule has 90 valence electrons. The summed E-state index contributed by atoms with van der Waals surface area (Å²) >= 11 is 1.63. The molecular weight excluding hydrogens is 232 g/mol. The Bertz CT molecular complexity index is 468. The third-order valence-electron chi connectivity index (χ3n) is 3.42. The van der Waals surface area contributed by atoms with E-state index in [4.69, 9.17) is 5.73 Å². The van der Waals surface area contributed by atoms with Crippen molar-refractivity contribution in [2.45, 2.75) is 37.6 Å². The molecule has 0 spiro atoms. The minimum absolute atomic E-state index is 0.389. The van der Waals surface area contributed by atoms with Crippen LogP contribution in [0.2, 0.25) is 0 Å².